The Kier molecular flexibility index (Phi) is 5.53. The first-order valence-corrected chi connectivity index (χ1v) is 6.67. The Morgan fingerprint density at radius 3 is 2.35 bits per heavy atom. The summed E-state index contributed by atoms with van der Waals surface area (Å²) in [6, 6.07) is 4.94. The number of hydrogen-bond donors (Lipinski definition) is 3. The van der Waals surface area contributed by atoms with Gasteiger partial charge in [-0.15, -0.1) is 0 Å². The summed E-state index contributed by atoms with van der Waals surface area (Å²) in [4.78, 5) is 22.7. The van der Waals surface area contributed by atoms with Crippen LogP contribution in [-0.4, -0.2) is 23.9 Å². The summed E-state index contributed by atoms with van der Waals surface area (Å²) in [5.41, 5.74) is 0.986. The van der Waals surface area contributed by atoms with Gasteiger partial charge < -0.3 is 16.0 Å². The van der Waals surface area contributed by atoms with E-state index >= 15 is 0 Å². The average molecular weight is 298 g/mol. The highest BCUT2D eigenvalue weighted by molar-refractivity contribution is 6.34. The fourth-order valence-corrected chi connectivity index (χ4v) is 1.66. The first kappa shape index (κ1) is 16.5. The summed E-state index contributed by atoms with van der Waals surface area (Å²) >= 11 is 6.02. The zero-order valence-electron chi connectivity index (χ0n) is 12.1. The van der Waals surface area contributed by atoms with Crippen molar-refractivity contribution in [1.29, 1.82) is 0 Å². The van der Waals surface area contributed by atoms with E-state index in [1.54, 1.807) is 18.2 Å². The minimum atomic E-state index is -0.196. The van der Waals surface area contributed by atoms with Gasteiger partial charge in [-0.25, -0.2) is 0 Å². The molecule has 1 aromatic carbocycles. The SMILES string of the molecule is CC(=O)Nc1ccc(NC(=O)CNC(C)(C)C)cc1Cl. The van der Waals surface area contributed by atoms with Gasteiger partial charge in [0.05, 0.1) is 17.3 Å². The maximum absolute atomic E-state index is 11.7. The van der Waals surface area contributed by atoms with Crippen molar-refractivity contribution in [1.82, 2.24) is 5.32 Å². The third kappa shape index (κ3) is 6.04. The number of amides is 2. The molecule has 1 rings (SSSR count). The molecule has 0 spiro atoms. The molecule has 0 radical (unpaired) electrons. The molecule has 1 aromatic rings. The molecule has 2 amide bonds. The van der Waals surface area contributed by atoms with Crippen LogP contribution < -0.4 is 16.0 Å². The highest BCUT2D eigenvalue weighted by Gasteiger charge is 2.12. The largest absolute Gasteiger partial charge is 0.325 e. The first-order valence-electron chi connectivity index (χ1n) is 6.29. The van der Waals surface area contributed by atoms with E-state index in [2.05, 4.69) is 16.0 Å². The summed E-state index contributed by atoms with van der Waals surface area (Å²) in [5, 5.41) is 8.81. The minimum Gasteiger partial charge on any atom is -0.325 e. The number of benzene rings is 1. The molecule has 0 aliphatic carbocycles. The van der Waals surface area contributed by atoms with Gasteiger partial charge in [-0.2, -0.15) is 0 Å². The highest BCUT2D eigenvalue weighted by atomic mass is 35.5. The Morgan fingerprint density at radius 1 is 1.20 bits per heavy atom. The fraction of sp³-hybridized carbons (Fsp3) is 0.429. The lowest BCUT2D eigenvalue weighted by Crippen LogP contribution is -2.41. The lowest BCUT2D eigenvalue weighted by Gasteiger charge is -2.20. The van der Waals surface area contributed by atoms with E-state index in [1.165, 1.54) is 6.92 Å². The molecule has 0 bridgehead atoms. The van der Waals surface area contributed by atoms with Crippen molar-refractivity contribution in [2.75, 3.05) is 17.2 Å². The quantitative estimate of drug-likeness (QED) is 0.800. The summed E-state index contributed by atoms with van der Waals surface area (Å²) < 4.78 is 0. The van der Waals surface area contributed by atoms with E-state index in [4.69, 9.17) is 11.6 Å². The number of rotatable bonds is 4. The van der Waals surface area contributed by atoms with Crippen LogP contribution in [0.5, 0.6) is 0 Å². The Bertz CT molecular complexity index is 510. The summed E-state index contributed by atoms with van der Waals surface area (Å²) in [7, 11) is 0. The molecule has 0 unspecified atom stereocenters. The van der Waals surface area contributed by atoms with Crippen LogP contribution >= 0.6 is 11.6 Å². The van der Waals surface area contributed by atoms with Gasteiger partial charge in [-0.05, 0) is 39.0 Å². The third-order valence-electron chi connectivity index (χ3n) is 2.34. The van der Waals surface area contributed by atoms with Crippen LogP contribution in [0.15, 0.2) is 18.2 Å². The molecule has 5 nitrogen and oxygen atoms in total. The molecule has 0 aromatic heterocycles. The minimum absolute atomic E-state index is 0.121. The molecule has 0 aliphatic rings. The molecule has 0 saturated carbocycles. The van der Waals surface area contributed by atoms with E-state index in [-0.39, 0.29) is 23.9 Å². The van der Waals surface area contributed by atoms with Crippen LogP contribution in [0, 0.1) is 0 Å². The Morgan fingerprint density at radius 2 is 1.85 bits per heavy atom. The van der Waals surface area contributed by atoms with E-state index in [9.17, 15) is 9.59 Å². The molecule has 0 atom stereocenters. The molecule has 0 aliphatic heterocycles. The third-order valence-corrected chi connectivity index (χ3v) is 2.66. The number of nitrogens with one attached hydrogen (secondary N) is 3. The van der Waals surface area contributed by atoms with E-state index in [1.807, 2.05) is 20.8 Å². The van der Waals surface area contributed by atoms with Gasteiger partial charge >= 0.3 is 0 Å². The van der Waals surface area contributed by atoms with Crippen LogP contribution in [0.25, 0.3) is 0 Å². The molecule has 0 fully saturated rings. The standard InChI is InChI=1S/C14H20ClN3O2/c1-9(19)17-12-6-5-10(7-11(12)15)18-13(20)8-16-14(2,3)4/h5-7,16H,8H2,1-4H3,(H,17,19)(H,18,20). The van der Waals surface area contributed by atoms with Gasteiger partial charge in [0.25, 0.3) is 0 Å². The van der Waals surface area contributed by atoms with Gasteiger partial charge in [0, 0.05) is 18.2 Å². The van der Waals surface area contributed by atoms with Crippen molar-refractivity contribution in [3.63, 3.8) is 0 Å². The van der Waals surface area contributed by atoms with Crippen molar-refractivity contribution >= 4 is 34.8 Å². The summed E-state index contributed by atoms with van der Waals surface area (Å²) in [6.07, 6.45) is 0. The van der Waals surface area contributed by atoms with Crippen molar-refractivity contribution in [2.45, 2.75) is 33.2 Å². The van der Waals surface area contributed by atoms with Crippen LogP contribution in [0.1, 0.15) is 27.7 Å². The van der Waals surface area contributed by atoms with Crippen LogP contribution in [0.2, 0.25) is 5.02 Å². The molecule has 20 heavy (non-hydrogen) atoms. The van der Waals surface area contributed by atoms with E-state index in [0.29, 0.717) is 16.4 Å². The predicted octanol–water partition coefficient (Wildman–Crippen LogP) is 2.62. The lowest BCUT2D eigenvalue weighted by molar-refractivity contribution is -0.116. The number of carbonyl (C=O) groups excluding carboxylic acids is 2. The van der Waals surface area contributed by atoms with Crippen molar-refractivity contribution in [3.05, 3.63) is 23.2 Å². The zero-order chi connectivity index (χ0) is 15.3. The maximum atomic E-state index is 11.7. The average Bonchev–Trinajstić information content (AvgIpc) is 2.29. The fourth-order valence-electron chi connectivity index (χ4n) is 1.43. The summed E-state index contributed by atoms with van der Waals surface area (Å²) in [5.74, 6) is -0.346. The first-order chi connectivity index (χ1) is 9.17. The summed E-state index contributed by atoms with van der Waals surface area (Å²) in [6.45, 7) is 7.58. The van der Waals surface area contributed by atoms with Crippen LogP contribution in [-0.2, 0) is 9.59 Å². The molecule has 110 valence electrons. The van der Waals surface area contributed by atoms with E-state index < -0.39 is 0 Å². The van der Waals surface area contributed by atoms with Gasteiger partial charge in [0.15, 0.2) is 0 Å². The number of carbonyl (C=O) groups is 2. The van der Waals surface area contributed by atoms with E-state index in [0.717, 1.165) is 0 Å². The maximum Gasteiger partial charge on any atom is 0.238 e. The number of halogens is 1. The van der Waals surface area contributed by atoms with Gasteiger partial charge in [0.2, 0.25) is 11.8 Å². The molecule has 0 saturated heterocycles. The topological polar surface area (TPSA) is 70.2 Å². The Balaban J connectivity index is 2.63. The lowest BCUT2D eigenvalue weighted by atomic mass is 10.1. The molecular formula is C14H20ClN3O2. The van der Waals surface area contributed by atoms with Crippen LogP contribution in [0.4, 0.5) is 11.4 Å². The predicted molar refractivity (Wildman–Crippen MR) is 82.1 cm³/mol. The van der Waals surface area contributed by atoms with Crippen molar-refractivity contribution < 1.29 is 9.59 Å². The second kappa shape index (κ2) is 6.72. The monoisotopic (exact) mass is 297 g/mol. The second-order valence-electron chi connectivity index (χ2n) is 5.53. The number of hydrogen-bond acceptors (Lipinski definition) is 3. The molecular weight excluding hydrogens is 278 g/mol. The highest BCUT2D eigenvalue weighted by Crippen LogP contribution is 2.25. The molecule has 0 heterocycles. The Labute approximate surface area is 124 Å². The van der Waals surface area contributed by atoms with Crippen molar-refractivity contribution in [3.8, 4) is 0 Å². The molecule has 6 heteroatoms. The molecule has 3 N–H and O–H groups in total. The van der Waals surface area contributed by atoms with Gasteiger partial charge in [0.1, 0.15) is 0 Å². The number of anilines is 2. The Hall–Kier alpha value is -1.59. The van der Waals surface area contributed by atoms with Crippen molar-refractivity contribution in [2.24, 2.45) is 0 Å². The zero-order valence-corrected chi connectivity index (χ0v) is 12.9. The normalized spacial score (nSPS) is 11.1. The second-order valence-corrected chi connectivity index (χ2v) is 5.93. The smallest absolute Gasteiger partial charge is 0.238 e. The van der Waals surface area contributed by atoms with Crippen LogP contribution in [0.3, 0.4) is 0 Å². The van der Waals surface area contributed by atoms with Gasteiger partial charge in [-0.1, -0.05) is 11.6 Å². The van der Waals surface area contributed by atoms with Gasteiger partial charge in [-0.3, -0.25) is 9.59 Å².